The average molecular weight is 297 g/mol. The Morgan fingerprint density at radius 3 is 2.61 bits per heavy atom. The quantitative estimate of drug-likeness (QED) is 0.699. The van der Waals surface area contributed by atoms with Crippen LogP contribution in [-0.4, -0.2) is 62.0 Å². The maximum Gasteiger partial charge on any atom is 0.211 e. The van der Waals surface area contributed by atoms with E-state index in [-0.39, 0.29) is 0 Å². The van der Waals surface area contributed by atoms with Gasteiger partial charge in [0, 0.05) is 38.1 Å². The molecule has 0 radical (unpaired) electrons. The summed E-state index contributed by atoms with van der Waals surface area (Å²) in [6.45, 7) is 7.45. The fourth-order valence-electron chi connectivity index (χ4n) is 2.48. The molecule has 0 amide bonds. The topological polar surface area (TPSA) is 40.6 Å². The lowest BCUT2D eigenvalue weighted by atomic mass is 9.98. The second-order valence-electron chi connectivity index (χ2n) is 5.41. The molecule has 0 saturated carbocycles. The van der Waals surface area contributed by atoms with Crippen molar-refractivity contribution in [2.45, 2.75) is 32.7 Å². The maximum absolute atomic E-state index is 11.6. The Bertz CT molecular complexity index is 346. The molecule has 1 heterocycles. The number of halogens is 1. The van der Waals surface area contributed by atoms with Crippen LogP contribution in [0.15, 0.2) is 0 Å². The Morgan fingerprint density at radius 2 is 2.11 bits per heavy atom. The summed E-state index contributed by atoms with van der Waals surface area (Å²) in [5.41, 5.74) is 0. The Kier molecular flexibility index (Phi) is 6.38. The van der Waals surface area contributed by atoms with Crippen LogP contribution in [0.5, 0.6) is 0 Å². The van der Waals surface area contributed by atoms with Crippen molar-refractivity contribution in [1.29, 1.82) is 0 Å². The zero-order chi connectivity index (χ0) is 13.8. The van der Waals surface area contributed by atoms with Crippen molar-refractivity contribution in [3.63, 3.8) is 0 Å². The van der Waals surface area contributed by atoms with Crippen LogP contribution in [0.4, 0.5) is 0 Å². The van der Waals surface area contributed by atoms with Crippen molar-refractivity contribution in [3.05, 3.63) is 0 Å². The highest BCUT2D eigenvalue weighted by Gasteiger charge is 2.27. The third-order valence-corrected chi connectivity index (χ3v) is 4.98. The minimum absolute atomic E-state index is 0.430. The van der Waals surface area contributed by atoms with Crippen LogP contribution < -0.4 is 0 Å². The van der Waals surface area contributed by atoms with Gasteiger partial charge < -0.3 is 0 Å². The molecule has 0 N–H and O–H groups in total. The number of hydrogen-bond donors (Lipinski definition) is 0. The number of alkyl halides is 1. The van der Waals surface area contributed by atoms with Gasteiger partial charge in [0.15, 0.2) is 0 Å². The van der Waals surface area contributed by atoms with Crippen LogP contribution in [0.2, 0.25) is 0 Å². The van der Waals surface area contributed by atoms with Crippen LogP contribution in [0.3, 0.4) is 0 Å². The van der Waals surface area contributed by atoms with Crippen molar-refractivity contribution >= 4 is 21.6 Å². The first kappa shape index (κ1) is 16.2. The summed E-state index contributed by atoms with van der Waals surface area (Å²) in [4.78, 5) is 2.34. The van der Waals surface area contributed by atoms with Crippen molar-refractivity contribution < 1.29 is 8.42 Å². The summed E-state index contributed by atoms with van der Waals surface area (Å²) < 4.78 is 24.7. The molecule has 0 bridgehead atoms. The molecule has 108 valence electrons. The Labute approximate surface area is 116 Å². The zero-order valence-electron chi connectivity index (χ0n) is 11.6. The number of hydrogen-bond acceptors (Lipinski definition) is 3. The second-order valence-corrected chi connectivity index (χ2v) is 7.77. The number of rotatable bonds is 6. The van der Waals surface area contributed by atoms with Crippen molar-refractivity contribution in [1.82, 2.24) is 9.21 Å². The summed E-state index contributed by atoms with van der Waals surface area (Å²) >= 11 is 5.81. The highest BCUT2D eigenvalue weighted by Crippen LogP contribution is 2.20. The summed E-state index contributed by atoms with van der Waals surface area (Å²) in [7, 11) is -3.04. The summed E-state index contributed by atoms with van der Waals surface area (Å²) in [6, 6.07) is 0.456. The molecule has 1 fully saturated rings. The predicted octanol–water partition coefficient (Wildman–Crippen LogP) is 1.61. The molecule has 0 spiro atoms. The zero-order valence-corrected chi connectivity index (χ0v) is 13.2. The molecule has 1 atom stereocenters. The Hall–Kier alpha value is 0.160. The van der Waals surface area contributed by atoms with E-state index in [1.807, 2.05) is 0 Å². The number of sulfonamides is 1. The Morgan fingerprint density at radius 1 is 1.44 bits per heavy atom. The van der Waals surface area contributed by atoms with Crippen LogP contribution in [0.25, 0.3) is 0 Å². The van der Waals surface area contributed by atoms with E-state index in [1.165, 1.54) is 6.26 Å². The minimum atomic E-state index is -3.04. The van der Waals surface area contributed by atoms with Gasteiger partial charge in [-0.05, 0) is 32.6 Å². The Balaban J connectivity index is 2.56. The lowest BCUT2D eigenvalue weighted by Crippen LogP contribution is -2.45. The number of piperidine rings is 1. The van der Waals surface area contributed by atoms with Gasteiger partial charge in [-0.2, -0.15) is 0 Å². The third-order valence-electron chi connectivity index (χ3n) is 3.55. The first-order valence-corrected chi connectivity index (χ1v) is 8.98. The standard InChI is InChI=1S/C12H25ClN2O2S/c1-11(2)14(8-6-13)9-12-5-4-7-15(10-12)18(3,16)17/h11-12H,4-10H2,1-3H3. The van der Waals surface area contributed by atoms with E-state index in [2.05, 4.69) is 18.7 Å². The average Bonchev–Trinajstić information content (AvgIpc) is 2.27. The van der Waals surface area contributed by atoms with Gasteiger partial charge in [-0.25, -0.2) is 12.7 Å². The SMILES string of the molecule is CC(C)N(CCCl)CC1CCCN(S(C)(=O)=O)C1. The molecule has 0 aliphatic carbocycles. The van der Waals surface area contributed by atoms with E-state index < -0.39 is 10.0 Å². The van der Waals surface area contributed by atoms with Crippen molar-refractivity contribution in [3.8, 4) is 0 Å². The largest absolute Gasteiger partial charge is 0.299 e. The van der Waals surface area contributed by atoms with Crippen molar-refractivity contribution in [2.75, 3.05) is 38.3 Å². The maximum atomic E-state index is 11.6. The number of nitrogens with zero attached hydrogens (tertiary/aromatic N) is 2. The molecule has 1 saturated heterocycles. The summed E-state index contributed by atoms with van der Waals surface area (Å²) in [5.74, 6) is 1.06. The van der Waals surface area contributed by atoms with Gasteiger partial charge in [0.05, 0.1) is 6.26 Å². The highest BCUT2D eigenvalue weighted by molar-refractivity contribution is 7.88. The van der Waals surface area contributed by atoms with Gasteiger partial charge in [-0.1, -0.05) is 0 Å². The molecule has 1 unspecified atom stereocenters. The molecule has 1 aliphatic rings. The van der Waals surface area contributed by atoms with E-state index in [0.29, 0.717) is 30.9 Å². The van der Waals surface area contributed by atoms with E-state index in [9.17, 15) is 8.42 Å². The summed E-state index contributed by atoms with van der Waals surface area (Å²) in [5, 5.41) is 0. The molecule has 0 aromatic rings. The third kappa shape index (κ3) is 5.03. The fraction of sp³-hybridized carbons (Fsp3) is 1.00. The lowest BCUT2D eigenvalue weighted by molar-refractivity contribution is 0.158. The molecule has 4 nitrogen and oxygen atoms in total. The van der Waals surface area contributed by atoms with E-state index in [4.69, 9.17) is 11.6 Å². The predicted molar refractivity (Wildman–Crippen MR) is 76.6 cm³/mol. The monoisotopic (exact) mass is 296 g/mol. The van der Waals surface area contributed by atoms with Gasteiger partial charge in [0.1, 0.15) is 0 Å². The van der Waals surface area contributed by atoms with Crippen LogP contribution in [-0.2, 0) is 10.0 Å². The molecule has 18 heavy (non-hydrogen) atoms. The first-order valence-electron chi connectivity index (χ1n) is 6.59. The molecule has 0 aromatic carbocycles. The molecular formula is C12H25ClN2O2S. The van der Waals surface area contributed by atoms with E-state index >= 15 is 0 Å². The molecular weight excluding hydrogens is 272 g/mol. The smallest absolute Gasteiger partial charge is 0.211 e. The van der Waals surface area contributed by atoms with Crippen molar-refractivity contribution in [2.24, 2.45) is 5.92 Å². The van der Waals surface area contributed by atoms with Gasteiger partial charge in [0.2, 0.25) is 10.0 Å². The fourth-order valence-corrected chi connectivity index (χ4v) is 3.64. The molecule has 1 aliphatic heterocycles. The molecule has 6 heteroatoms. The normalized spacial score (nSPS) is 22.9. The van der Waals surface area contributed by atoms with Crippen LogP contribution in [0, 0.1) is 5.92 Å². The highest BCUT2D eigenvalue weighted by atomic mass is 35.5. The van der Waals surface area contributed by atoms with Crippen LogP contribution >= 0.6 is 11.6 Å². The first-order chi connectivity index (χ1) is 8.34. The van der Waals surface area contributed by atoms with Gasteiger partial charge in [0.25, 0.3) is 0 Å². The van der Waals surface area contributed by atoms with E-state index in [0.717, 1.165) is 25.9 Å². The summed E-state index contributed by atoms with van der Waals surface area (Å²) in [6.07, 6.45) is 3.37. The molecule has 0 aromatic heterocycles. The second kappa shape index (κ2) is 7.08. The van der Waals surface area contributed by atoms with E-state index in [1.54, 1.807) is 4.31 Å². The van der Waals surface area contributed by atoms with Crippen LogP contribution in [0.1, 0.15) is 26.7 Å². The molecule has 1 rings (SSSR count). The lowest BCUT2D eigenvalue weighted by Gasteiger charge is -2.35. The van der Waals surface area contributed by atoms with Gasteiger partial charge in [-0.3, -0.25) is 4.90 Å². The van der Waals surface area contributed by atoms with Gasteiger partial charge >= 0.3 is 0 Å². The minimum Gasteiger partial charge on any atom is -0.299 e. The van der Waals surface area contributed by atoms with Gasteiger partial charge in [-0.15, -0.1) is 11.6 Å².